The molecule has 1 heterocycles. The number of halogens is 2. The Hall–Kier alpha value is -3.04. The maximum Gasteiger partial charge on any atom is 0.405 e. The standard InChI is InChI=1S/C24H30ClFN4O4/c1-33-22-13-20(27)18(25)12-17(22)23(31)29-14-15-6-9-30(10-7-15)11-8-21(34-24(28)32)16-4-2-3-5-19(16)26/h2-5,12-13,15,21H,6-11,14,27H2,1H3,(H2,28,32)(H,29,31). The highest BCUT2D eigenvalue weighted by Gasteiger charge is 2.24. The number of carbonyl (C=O) groups is 2. The number of likely N-dealkylation sites (tertiary alicyclic amines) is 1. The zero-order valence-corrected chi connectivity index (χ0v) is 19.8. The molecule has 2 aromatic carbocycles. The van der Waals surface area contributed by atoms with Crippen LogP contribution in [0.1, 0.15) is 41.3 Å². The Morgan fingerprint density at radius 1 is 1.26 bits per heavy atom. The summed E-state index contributed by atoms with van der Waals surface area (Å²) in [4.78, 5) is 26.2. The van der Waals surface area contributed by atoms with E-state index in [0.29, 0.717) is 53.0 Å². The zero-order valence-electron chi connectivity index (χ0n) is 19.1. The highest BCUT2D eigenvalue weighted by atomic mass is 35.5. The molecular weight excluding hydrogens is 463 g/mol. The van der Waals surface area contributed by atoms with Gasteiger partial charge in [0.1, 0.15) is 17.7 Å². The van der Waals surface area contributed by atoms with Crippen LogP contribution in [0.2, 0.25) is 5.02 Å². The van der Waals surface area contributed by atoms with Gasteiger partial charge in [-0.1, -0.05) is 29.8 Å². The van der Waals surface area contributed by atoms with Crippen molar-refractivity contribution in [1.82, 2.24) is 10.2 Å². The summed E-state index contributed by atoms with van der Waals surface area (Å²) in [5.74, 6) is -0.00350. The highest BCUT2D eigenvalue weighted by Crippen LogP contribution is 2.29. The van der Waals surface area contributed by atoms with Gasteiger partial charge in [-0.15, -0.1) is 0 Å². The Morgan fingerprint density at radius 2 is 1.97 bits per heavy atom. The van der Waals surface area contributed by atoms with Gasteiger partial charge in [-0.3, -0.25) is 4.79 Å². The molecule has 1 aliphatic rings. The van der Waals surface area contributed by atoms with Crippen molar-refractivity contribution in [2.45, 2.75) is 25.4 Å². The van der Waals surface area contributed by atoms with Crippen molar-refractivity contribution in [1.29, 1.82) is 0 Å². The van der Waals surface area contributed by atoms with Crippen LogP contribution in [0.3, 0.4) is 0 Å². The van der Waals surface area contributed by atoms with Gasteiger partial charge in [0.05, 0.1) is 23.4 Å². The number of hydrogen-bond donors (Lipinski definition) is 3. The van der Waals surface area contributed by atoms with E-state index in [1.165, 1.54) is 25.3 Å². The number of nitrogens with one attached hydrogen (secondary N) is 1. The van der Waals surface area contributed by atoms with E-state index in [9.17, 15) is 14.0 Å². The number of piperidine rings is 1. The van der Waals surface area contributed by atoms with Gasteiger partial charge in [0.2, 0.25) is 0 Å². The van der Waals surface area contributed by atoms with Gasteiger partial charge in [-0.25, -0.2) is 9.18 Å². The molecule has 0 spiro atoms. The van der Waals surface area contributed by atoms with Crippen molar-refractivity contribution in [2.75, 3.05) is 39.0 Å². The minimum absolute atomic E-state index is 0.266. The third kappa shape index (κ3) is 6.74. The lowest BCUT2D eigenvalue weighted by Crippen LogP contribution is -2.39. The summed E-state index contributed by atoms with van der Waals surface area (Å²) in [7, 11) is 1.47. The van der Waals surface area contributed by atoms with E-state index in [-0.39, 0.29) is 5.91 Å². The minimum Gasteiger partial charge on any atom is -0.496 e. The van der Waals surface area contributed by atoms with Gasteiger partial charge in [-0.2, -0.15) is 0 Å². The van der Waals surface area contributed by atoms with E-state index in [0.717, 1.165) is 25.9 Å². The first-order valence-corrected chi connectivity index (χ1v) is 11.5. The molecule has 1 atom stereocenters. The summed E-state index contributed by atoms with van der Waals surface area (Å²) in [6.45, 7) is 2.79. The number of hydrogen-bond acceptors (Lipinski definition) is 6. The molecule has 2 amide bonds. The van der Waals surface area contributed by atoms with Crippen molar-refractivity contribution in [3.63, 3.8) is 0 Å². The number of rotatable bonds is 9. The number of nitrogen functional groups attached to an aromatic ring is 1. The molecule has 1 fully saturated rings. The number of primary amides is 1. The second kappa shape index (κ2) is 11.9. The van der Waals surface area contributed by atoms with Gasteiger partial charge in [-0.05, 0) is 44.0 Å². The highest BCUT2D eigenvalue weighted by molar-refractivity contribution is 6.33. The number of benzene rings is 2. The Kier molecular flexibility index (Phi) is 8.95. The molecule has 0 bridgehead atoms. The number of anilines is 1. The van der Waals surface area contributed by atoms with Crippen molar-refractivity contribution in [3.05, 3.63) is 58.4 Å². The monoisotopic (exact) mass is 492 g/mol. The normalized spacial score (nSPS) is 15.5. The van der Waals surface area contributed by atoms with Gasteiger partial charge >= 0.3 is 6.09 Å². The van der Waals surface area contributed by atoms with E-state index >= 15 is 0 Å². The van der Waals surface area contributed by atoms with Crippen LogP contribution in [-0.2, 0) is 4.74 Å². The number of ether oxygens (including phenoxy) is 2. The number of nitrogens with two attached hydrogens (primary N) is 2. The van der Waals surface area contributed by atoms with Crippen molar-refractivity contribution in [3.8, 4) is 5.75 Å². The van der Waals surface area contributed by atoms with E-state index in [1.807, 2.05) is 0 Å². The van der Waals surface area contributed by atoms with Gasteiger partial charge in [0.25, 0.3) is 5.91 Å². The third-order valence-corrected chi connectivity index (χ3v) is 6.37. The van der Waals surface area contributed by atoms with E-state index in [2.05, 4.69) is 10.2 Å². The van der Waals surface area contributed by atoms with E-state index in [1.54, 1.807) is 18.2 Å². The first kappa shape index (κ1) is 25.6. The van der Waals surface area contributed by atoms with Gasteiger partial charge < -0.3 is 31.2 Å². The summed E-state index contributed by atoms with van der Waals surface area (Å²) in [5, 5.41) is 3.25. The molecule has 2 aromatic rings. The Bertz CT molecular complexity index is 1010. The van der Waals surface area contributed by atoms with Gasteiger partial charge in [0, 0.05) is 31.1 Å². The van der Waals surface area contributed by atoms with Crippen molar-refractivity contribution in [2.24, 2.45) is 11.7 Å². The fourth-order valence-electron chi connectivity index (χ4n) is 4.12. The SMILES string of the molecule is COc1cc(N)c(Cl)cc1C(=O)NCC1CCN(CCC(OC(N)=O)c2ccccc2F)CC1. The molecular formula is C24H30ClFN4O4. The molecule has 0 aliphatic carbocycles. The zero-order chi connectivity index (χ0) is 24.7. The lowest BCUT2D eigenvalue weighted by Gasteiger charge is -2.33. The second-order valence-electron chi connectivity index (χ2n) is 8.30. The van der Waals surface area contributed by atoms with E-state index < -0.39 is 18.0 Å². The Morgan fingerprint density at radius 3 is 2.62 bits per heavy atom. The maximum atomic E-state index is 14.2. The summed E-state index contributed by atoms with van der Waals surface area (Å²) >= 11 is 6.06. The topological polar surface area (TPSA) is 120 Å². The molecule has 1 saturated heterocycles. The molecule has 0 radical (unpaired) electrons. The number of carbonyl (C=O) groups excluding carboxylic acids is 2. The van der Waals surface area contributed by atoms with Crippen LogP contribution >= 0.6 is 11.6 Å². The Labute approximate surface area is 203 Å². The first-order valence-electron chi connectivity index (χ1n) is 11.1. The molecule has 34 heavy (non-hydrogen) atoms. The second-order valence-corrected chi connectivity index (χ2v) is 8.71. The largest absolute Gasteiger partial charge is 0.496 e. The lowest BCUT2D eigenvalue weighted by molar-refractivity contribution is 0.0825. The van der Waals surface area contributed by atoms with Crippen LogP contribution < -0.4 is 21.5 Å². The third-order valence-electron chi connectivity index (χ3n) is 6.04. The maximum absolute atomic E-state index is 14.2. The molecule has 8 nitrogen and oxygen atoms in total. The van der Waals surface area contributed by atoms with Crippen molar-refractivity contribution >= 4 is 29.3 Å². The number of methoxy groups -OCH3 is 1. The van der Waals surface area contributed by atoms with Gasteiger partial charge in [0.15, 0.2) is 0 Å². The number of amides is 2. The Balaban J connectivity index is 1.48. The summed E-state index contributed by atoms with van der Waals surface area (Å²) < 4.78 is 24.6. The summed E-state index contributed by atoms with van der Waals surface area (Å²) in [5.41, 5.74) is 12.0. The van der Waals surface area contributed by atoms with Crippen LogP contribution in [-0.4, -0.2) is 50.2 Å². The minimum atomic E-state index is -0.929. The smallest absolute Gasteiger partial charge is 0.405 e. The fraction of sp³-hybridized carbons (Fsp3) is 0.417. The predicted molar refractivity (Wildman–Crippen MR) is 128 cm³/mol. The molecule has 5 N–H and O–H groups in total. The van der Waals surface area contributed by atoms with Crippen LogP contribution in [0.4, 0.5) is 14.9 Å². The van der Waals surface area contributed by atoms with Crippen LogP contribution in [0.5, 0.6) is 5.75 Å². The molecule has 3 rings (SSSR count). The molecule has 1 unspecified atom stereocenters. The fourth-order valence-corrected chi connectivity index (χ4v) is 4.28. The average Bonchev–Trinajstić information content (AvgIpc) is 2.82. The molecule has 10 heteroatoms. The number of nitrogens with zero attached hydrogens (tertiary/aromatic N) is 1. The molecule has 0 saturated carbocycles. The molecule has 0 aromatic heterocycles. The summed E-state index contributed by atoms with van der Waals surface area (Å²) in [6, 6.07) is 9.26. The van der Waals surface area contributed by atoms with Crippen LogP contribution in [0, 0.1) is 11.7 Å². The van der Waals surface area contributed by atoms with E-state index in [4.69, 9.17) is 32.5 Å². The van der Waals surface area contributed by atoms with Crippen LogP contribution in [0.15, 0.2) is 36.4 Å². The molecule has 1 aliphatic heterocycles. The average molecular weight is 493 g/mol. The van der Waals surface area contributed by atoms with Crippen LogP contribution in [0.25, 0.3) is 0 Å². The lowest BCUT2D eigenvalue weighted by atomic mass is 9.96. The quantitative estimate of drug-likeness (QED) is 0.459. The molecule has 184 valence electrons. The summed E-state index contributed by atoms with van der Waals surface area (Å²) in [6.07, 6.45) is 0.546. The van der Waals surface area contributed by atoms with Crippen molar-refractivity contribution < 1.29 is 23.5 Å². The predicted octanol–water partition coefficient (Wildman–Crippen LogP) is 3.74. The first-order chi connectivity index (χ1) is 16.3.